The molecule has 0 bridgehead atoms. The van der Waals surface area contributed by atoms with Gasteiger partial charge in [0.1, 0.15) is 0 Å². The molecule has 0 aliphatic heterocycles. The van der Waals surface area contributed by atoms with Crippen LogP contribution in [0.15, 0.2) is 12.2 Å². The summed E-state index contributed by atoms with van der Waals surface area (Å²) in [6, 6.07) is 0. The highest BCUT2D eigenvalue weighted by Crippen LogP contribution is 2.54. The summed E-state index contributed by atoms with van der Waals surface area (Å²) < 4.78 is 69.8. The summed E-state index contributed by atoms with van der Waals surface area (Å²) in [6.45, 7) is 30.1. The fraction of sp³-hybridized carbons (Fsp3) is 0.972. The number of hydrogen-bond acceptors (Lipinski definition) is 0. The van der Waals surface area contributed by atoms with E-state index in [2.05, 4.69) is 82.7 Å². The minimum Gasteiger partial charge on any atom is -0.251 e. The molecule has 0 heterocycles. The zero-order valence-corrected chi connectivity index (χ0v) is 53.0. The molecule has 0 radical (unpaired) electrons. The molecular weight excluding hydrogens is 960 g/mol. The number of alkyl halides is 5. The molecule has 0 nitrogen and oxygen atoms in total. The van der Waals surface area contributed by atoms with E-state index in [1.165, 1.54) is 160 Å². The Balaban J connectivity index is 1.18. The van der Waals surface area contributed by atoms with Crippen LogP contribution in [0.5, 0.6) is 0 Å². The molecule has 5 aliphatic rings. The van der Waals surface area contributed by atoms with Crippen LogP contribution in [0.2, 0.25) is 0 Å². The predicted molar refractivity (Wildman–Crippen MR) is 324 cm³/mol. The molecule has 5 heteroatoms. The second-order valence-corrected chi connectivity index (χ2v) is 32.1. The monoisotopic (exact) mass is 1090 g/mol. The molecule has 5 aliphatic carbocycles. The van der Waals surface area contributed by atoms with Crippen LogP contribution in [0.1, 0.15) is 301 Å². The third-order valence-electron chi connectivity index (χ3n) is 25.3. The number of hydrogen-bond donors (Lipinski definition) is 0. The van der Waals surface area contributed by atoms with E-state index in [4.69, 9.17) is 0 Å². The predicted octanol–water partition coefficient (Wildman–Crippen LogP) is 23.9. The van der Waals surface area contributed by atoms with Crippen LogP contribution in [-0.4, -0.2) is 33.4 Å². The zero-order chi connectivity index (χ0) is 56.4. The molecular formula is C72H129F5. The maximum absolute atomic E-state index is 15.0. The average Bonchev–Trinajstić information content (AvgIpc) is 3.41. The summed E-state index contributed by atoms with van der Waals surface area (Å²) >= 11 is 0. The largest absolute Gasteiger partial charge is 0.251 e. The fourth-order valence-corrected chi connectivity index (χ4v) is 18.8. The first-order valence-electron chi connectivity index (χ1n) is 34.0. The highest BCUT2D eigenvalue weighted by Gasteiger charge is 2.43. The van der Waals surface area contributed by atoms with Crippen molar-refractivity contribution < 1.29 is 22.0 Å². The van der Waals surface area contributed by atoms with Crippen molar-refractivity contribution in [1.82, 2.24) is 0 Å². The van der Waals surface area contributed by atoms with E-state index >= 15 is 0 Å². The van der Waals surface area contributed by atoms with Crippen LogP contribution in [0.4, 0.5) is 22.0 Å². The normalized spacial score (nSPS) is 30.2. The summed E-state index contributed by atoms with van der Waals surface area (Å²) in [5.41, 5.74) is 2.47. The first kappa shape index (κ1) is 67.2. The molecule has 452 valence electrons. The van der Waals surface area contributed by atoms with Crippen molar-refractivity contribution in [2.24, 2.45) is 110 Å². The minimum atomic E-state index is -0.233. The van der Waals surface area contributed by atoms with Gasteiger partial charge in [-0.3, -0.25) is 22.0 Å². The maximum atomic E-state index is 15.0. The summed E-state index contributed by atoms with van der Waals surface area (Å²) in [7, 11) is 0. The topological polar surface area (TPSA) is 0 Å². The third kappa shape index (κ3) is 20.3. The van der Waals surface area contributed by atoms with E-state index < -0.39 is 0 Å². The fourth-order valence-electron chi connectivity index (χ4n) is 18.8. The number of rotatable bonds is 34. The molecule has 5 rings (SSSR count). The molecule has 0 saturated heterocycles. The highest BCUT2D eigenvalue weighted by atomic mass is 19.1. The van der Waals surface area contributed by atoms with Gasteiger partial charge in [0.2, 0.25) is 0 Å². The maximum Gasteiger partial charge on any atom is 0.0925 e. The Hall–Kier alpha value is -0.610. The van der Waals surface area contributed by atoms with Crippen molar-refractivity contribution >= 4 is 0 Å². The molecule has 5 saturated carbocycles. The molecule has 0 N–H and O–H groups in total. The molecule has 0 aromatic rings. The van der Waals surface area contributed by atoms with Gasteiger partial charge in [0, 0.05) is 0 Å². The van der Waals surface area contributed by atoms with Gasteiger partial charge < -0.3 is 0 Å². The molecule has 0 amide bonds. The second-order valence-electron chi connectivity index (χ2n) is 32.1. The van der Waals surface area contributed by atoms with Gasteiger partial charge in [0.05, 0.1) is 33.4 Å². The standard InChI is InChI=1S/C72H129F5/c1-53(2)54-19-29-64(30-20-54)69(5,6)44-39-60(42-49-75)57-23-37-67(38-24-57)72(11,12)51-61(18-14-13-17-55(41-48-74)56-21-31-66(32-22-56)71(9,10)46-50-76)58-25-33-65(34-26-58)70(7,8)45-40-62(52-77)59-27-35-63(36-28-59)68(3,4)43-15-16-47-73/h54-67H,1,13-52H2,2-12H3. The number of halogens is 5. The van der Waals surface area contributed by atoms with Crippen LogP contribution in [0.25, 0.3) is 0 Å². The van der Waals surface area contributed by atoms with Crippen LogP contribution in [0, 0.1) is 110 Å². The summed E-state index contributed by atoms with van der Waals surface area (Å²) in [5, 5.41) is 0. The van der Waals surface area contributed by atoms with Gasteiger partial charge in [0.15, 0.2) is 0 Å². The summed E-state index contributed by atoms with van der Waals surface area (Å²) in [6.07, 6.45) is 40.6. The van der Waals surface area contributed by atoms with E-state index in [1.807, 2.05) is 0 Å². The van der Waals surface area contributed by atoms with Crippen molar-refractivity contribution in [1.29, 1.82) is 0 Å². The van der Waals surface area contributed by atoms with Gasteiger partial charge in [-0.15, -0.1) is 0 Å². The van der Waals surface area contributed by atoms with Crippen molar-refractivity contribution in [2.75, 3.05) is 33.4 Å². The van der Waals surface area contributed by atoms with E-state index in [-0.39, 0.29) is 61.0 Å². The first-order valence-corrected chi connectivity index (χ1v) is 34.0. The van der Waals surface area contributed by atoms with Gasteiger partial charge >= 0.3 is 0 Å². The Morgan fingerprint density at radius 1 is 0.338 bits per heavy atom. The lowest BCUT2D eigenvalue weighted by Gasteiger charge is -2.46. The Morgan fingerprint density at radius 2 is 0.675 bits per heavy atom. The van der Waals surface area contributed by atoms with E-state index in [9.17, 15) is 22.0 Å². The Bertz CT molecular complexity index is 1590. The van der Waals surface area contributed by atoms with Crippen molar-refractivity contribution in [3.63, 3.8) is 0 Å². The summed E-state index contributed by atoms with van der Waals surface area (Å²) in [5.74, 6) is 8.59. The quantitative estimate of drug-likeness (QED) is 0.0342. The lowest BCUT2D eigenvalue weighted by molar-refractivity contribution is 0.0420. The van der Waals surface area contributed by atoms with Gasteiger partial charge in [0.25, 0.3) is 0 Å². The molecule has 4 unspecified atom stereocenters. The van der Waals surface area contributed by atoms with Gasteiger partial charge in [-0.05, 0) is 309 Å². The van der Waals surface area contributed by atoms with Crippen LogP contribution in [-0.2, 0) is 0 Å². The molecule has 0 aromatic carbocycles. The average molecular weight is 1090 g/mol. The van der Waals surface area contributed by atoms with Crippen molar-refractivity contribution in [3.8, 4) is 0 Å². The van der Waals surface area contributed by atoms with E-state index in [0.29, 0.717) is 83.9 Å². The Labute approximate surface area is 476 Å². The molecule has 0 aromatic heterocycles. The Kier molecular flexibility index (Phi) is 27.8. The van der Waals surface area contributed by atoms with Crippen LogP contribution >= 0.6 is 0 Å². The zero-order valence-electron chi connectivity index (χ0n) is 53.0. The second kappa shape index (κ2) is 31.9. The lowest BCUT2D eigenvalue weighted by Crippen LogP contribution is -2.36. The minimum absolute atomic E-state index is 0.0564. The highest BCUT2D eigenvalue weighted by molar-refractivity contribution is 5.00. The summed E-state index contributed by atoms with van der Waals surface area (Å²) in [4.78, 5) is 0. The SMILES string of the molecule is C=C(C)C1CCC(C(C)(C)CCC(CCF)C2CCC(C(C)(C)CC(CCCCC(CCF)C3CCC(C(C)(C)CCF)CC3)C3CCC(C(C)(C)CCC(CF)C4CCC(C(C)(C)CCCCF)CC4)CC3)CC2)CC1. The molecule has 5 fully saturated rings. The van der Waals surface area contributed by atoms with Crippen molar-refractivity contribution in [3.05, 3.63) is 12.2 Å². The van der Waals surface area contributed by atoms with Gasteiger partial charge in [-0.2, -0.15) is 0 Å². The van der Waals surface area contributed by atoms with Crippen molar-refractivity contribution in [2.45, 2.75) is 301 Å². The van der Waals surface area contributed by atoms with Gasteiger partial charge in [-0.1, -0.05) is 113 Å². The third-order valence-corrected chi connectivity index (χ3v) is 25.3. The van der Waals surface area contributed by atoms with Crippen LogP contribution < -0.4 is 0 Å². The molecule has 4 atom stereocenters. The van der Waals surface area contributed by atoms with Gasteiger partial charge in [-0.25, -0.2) is 0 Å². The number of unbranched alkanes of at least 4 members (excludes halogenated alkanes) is 2. The first-order chi connectivity index (χ1) is 36.5. The molecule has 77 heavy (non-hydrogen) atoms. The van der Waals surface area contributed by atoms with E-state index in [1.54, 1.807) is 0 Å². The Morgan fingerprint density at radius 3 is 1.06 bits per heavy atom. The number of allylic oxidation sites excluding steroid dienone is 1. The molecule has 0 spiro atoms. The van der Waals surface area contributed by atoms with Crippen LogP contribution in [0.3, 0.4) is 0 Å². The van der Waals surface area contributed by atoms with E-state index in [0.717, 1.165) is 69.1 Å². The lowest BCUT2D eigenvalue weighted by atomic mass is 9.59. The smallest absolute Gasteiger partial charge is 0.0925 e.